The van der Waals surface area contributed by atoms with Crippen LogP contribution in [0, 0.1) is 5.92 Å². The van der Waals surface area contributed by atoms with Crippen LogP contribution in [0.5, 0.6) is 0 Å². The van der Waals surface area contributed by atoms with Crippen LogP contribution in [0.2, 0.25) is 0 Å². The number of amides is 2. The molecule has 1 aliphatic heterocycles. The third-order valence-corrected chi connectivity index (χ3v) is 4.13. The van der Waals surface area contributed by atoms with E-state index in [-0.39, 0.29) is 18.2 Å². The first-order valence-electron chi connectivity index (χ1n) is 8.01. The largest absolute Gasteiger partial charge is 0.481 e. The first-order valence-corrected chi connectivity index (χ1v) is 8.01. The number of piperazine rings is 1. The third kappa shape index (κ3) is 5.34. The van der Waals surface area contributed by atoms with Crippen LogP contribution in [0.1, 0.15) is 13.3 Å². The van der Waals surface area contributed by atoms with Crippen LogP contribution in [-0.4, -0.2) is 65.4 Å². The quantitative estimate of drug-likeness (QED) is 0.806. The van der Waals surface area contributed by atoms with E-state index in [1.807, 2.05) is 11.0 Å². The summed E-state index contributed by atoms with van der Waals surface area (Å²) in [5, 5.41) is 12.1. The molecule has 7 heteroatoms. The van der Waals surface area contributed by atoms with Crippen LogP contribution in [0.3, 0.4) is 0 Å². The molecule has 1 aromatic rings. The van der Waals surface area contributed by atoms with Gasteiger partial charge in [0.1, 0.15) is 0 Å². The normalized spacial score (nSPS) is 16.5. The monoisotopic (exact) mass is 333 g/mol. The number of rotatable bonds is 6. The predicted octanol–water partition coefficient (Wildman–Crippen LogP) is 0.880. The van der Waals surface area contributed by atoms with Gasteiger partial charge in [0.25, 0.3) is 0 Å². The molecule has 1 atom stereocenters. The van der Waals surface area contributed by atoms with Crippen LogP contribution in [0.15, 0.2) is 30.3 Å². The molecule has 0 aromatic heterocycles. The summed E-state index contributed by atoms with van der Waals surface area (Å²) < 4.78 is 0. The molecule has 1 saturated heterocycles. The molecule has 1 aromatic carbocycles. The zero-order valence-electron chi connectivity index (χ0n) is 13.8. The van der Waals surface area contributed by atoms with E-state index in [1.165, 1.54) is 6.92 Å². The predicted molar refractivity (Wildman–Crippen MR) is 89.5 cm³/mol. The van der Waals surface area contributed by atoms with Crippen LogP contribution in [0.4, 0.5) is 5.69 Å². The van der Waals surface area contributed by atoms with Gasteiger partial charge in [-0.3, -0.25) is 19.3 Å². The van der Waals surface area contributed by atoms with Crippen LogP contribution in [-0.2, 0) is 14.4 Å². The van der Waals surface area contributed by atoms with Gasteiger partial charge >= 0.3 is 5.97 Å². The van der Waals surface area contributed by atoms with Crippen molar-refractivity contribution in [2.24, 2.45) is 5.92 Å². The van der Waals surface area contributed by atoms with E-state index < -0.39 is 11.9 Å². The number of carboxylic acid groups (broad SMARTS) is 1. The molecule has 0 bridgehead atoms. The van der Waals surface area contributed by atoms with Crippen molar-refractivity contribution >= 4 is 23.5 Å². The van der Waals surface area contributed by atoms with Gasteiger partial charge in [0.15, 0.2) is 0 Å². The van der Waals surface area contributed by atoms with Gasteiger partial charge < -0.3 is 15.3 Å². The fourth-order valence-electron chi connectivity index (χ4n) is 2.74. The van der Waals surface area contributed by atoms with Crippen LogP contribution >= 0.6 is 0 Å². The standard InChI is InChI=1S/C17H23N3O4/c1-13(21)20-9-7-19(8-10-20)12-14(17(23)24)11-16(22)18-15-5-3-2-4-6-15/h2-6,14H,7-12H2,1H3,(H,18,22)(H,23,24)/t14-/m0/s1. The van der Waals surface area contributed by atoms with E-state index in [0.29, 0.717) is 38.4 Å². The average molecular weight is 333 g/mol. The highest BCUT2D eigenvalue weighted by molar-refractivity contribution is 5.93. The lowest BCUT2D eigenvalue weighted by atomic mass is 10.0. The number of nitrogens with zero attached hydrogens (tertiary/aromatic N) is 2. The second kappa shape index (κ2) is 8.44. The molecule has 2 rings (SSSR count). The Morgan fingerprint density at radius 3 is 2.29 bits per heavy atom. The number of anilines is 1. The fraction of sp³-hybridized carbons (Fsp3) is 0.471. The minimum atomic E-state index is -0.979. The Bertz CT molecular complexity index is 583. The van der Waals surface area contributed by atoms with Gasteiger partial charge in [0.2, 0.25) is 11.8 Å². The van der Waals surface area contributed by atoms with E-state index >= 15 is 0 Å². The number of hydrogen-bond acceptors (Lipinski definition) is 4. The van der Waals surface area contributed by atoms with E-state index in [0.717, 1.165) is 0 Å². The van der Waals surface area contributed by atoms with Gasteiger partial charge in [0.05, 0.1) is 5.92 Å². The van der Waals surface area contributed by atoms with Crippen molar-refractivity contribution in [1.29, 1.82) is 0 Å². The minimum absolute atomic E-state index is 0.0340. The molecule has 24 heavy (non-hydrogen) atoms. The van der Waals surface area contributed by atoms with Crippen molar-refractivity contribution < 1.29 is 19.5 Å². The molecule has 0 saturated carbocycles. The molecule has 1 fully saturated rings. The number of nitrogens with one attached hydrogen (secondary N) is 1. The number of carbonyl (C=O) groups is 3. The van der Waals surface area contributed by atoms with Crippen molar-refractivity contribution in [3.63, 3.8) is 0 Å². The summed E-state index contributed by atoms with van der Waals surface area (Å²) in [6.07, 6.45) is -0.0723. The van der Waals surface area contributed by atoms with E-state index in [4.69, 9.17) is 0 Å². The summed E-state index contributed by atoms with van der Waals surface area (Å²) in [5.41, 5.74) is 0.654. The summed E-state index contributed by atoms with van der Waals surface area (Å²) in [6, 6.07) is 8.97. The summed E-state index contributed by atoms with van der Waals surface area (Å²) in [7, 11) is 0. The maximum absolute atomic E-state index is 12.1. The first-order chi connectivity index (χ1) is 11.5. The maximum atomic E-state index is 12.1. The Morgan fingerprint density at radius 1 is 1.12 bits per heavy atom. The highest BCUT2D eigenvalue weighted by atomic mass is 16.4. The number of aliphatic carboxylic acids is 1. The Kier molecular flexibility index (Phi) is 6.31. The molecule has 2 N–H and O–H groups in total. The summed E-state index contributed by atoms with van der Waals surface area (Å²) in [4.78, 5) is 38.6. The molecule has 1 aliphatic rings. The SMILES string of the molecule is CC(=O)N1CCN(C[C@H](CC(=O)Nc2ccccc2)C(=O)O)CC1. The van der Waals surface area contributed by atoms with Crippen molar-refractivity contribution in [2.45, 2.75) is 13.3 Å². The topological polar surface area (TPSA) is 90.0 Å². The molecule has 0 unspecified atom stereocenters. The zero-order chi connectivity index (χ0) is 17.5. The lowest BCUT2D eigenvalue weighted by Crippen LogP contribution is -2.50. The van der Waals surface area contributed by atoms with Gasteiger partial charge in [-0.25, -0.2) is 0 Å². The molecule has 130 valence electrons. The van der Waals surface area contributed by atoms with Crippen molar-refractivity contribution in [1.82, 2.24) is 9.80 Å². The highest BCUT2D eigenvalue weighted by Gasteiger charge is 2.26. The lowest BCUT2D eigenvalue weighted by molar-refractivity contribution is -0.144. The molecule has 1 heterocycles. The highest BCUT2D eigenvalue weighted by Crippen LogP contribution is 2.12. The lowest BCUT2D eigenvalue weighted by Gasteiger charge is -2.35. The Hall–Kier alpha value is -2.41. The summed E-state index contributed by atoms with van der Waals surface area (Å²) in [5.74, 6) is -2.02. The van der Waals surface area contributed by atoms with Crippen molar-refractivity contribution in [2.75, 3.05) is 38.0 Å². The molecule has 2 amide bonds. The average Bonchev–Trinajstić information content (AvgIpc) is 2.55. The van der Waals surface area contributed by atoms with E-state index in [1.54, 1.807) is 29.2 Å². The number of carboxylic acids is 1. The second-order valence-electron chi connectivity index (χ2n) is 5.96. The number of para-hydroxylation sites is 1. The maximum Gasteiger partial charge on any atom is 0.308 e. The van der Waals surface area contributed by atoms with E-state index in [9.17, 15) is 19.5 Å². The molecular weight excluding hydrogens is 310 g/mol. The number of benzene rings is 1. The Balaban J connectivity index is 1.85. The second-order valence-corrected chi connectivity index (χ2v) is 5.96. The van der Waals surface area contributed by atoms with E-state index in [2.05, 4.69) is 5.32 Å². The molecule has 0 aliphatic carbocycles. The summed E-state index contributed by atoms with van der Waals surface area (Å²) in [6.45, 7) is 4.29. The van der Waals surface area contributed by atoms with Crippen LogP contribution in [0.25, 0.3) is 0 Å². The van der Waals surface area contributed by atoms with Gasteiger partial charge in [-0.05, 0) is 12.1 Å². The molecule has 7 nitrogen and oxygen atoms in total. The smallest absolute Gasteiger partial charge is 0.308 e. The Morgan fingerprint density at radius 2 is 1.75 bits per heavy atom. The van der Waals surface area contributed by atoms with Crippen molar-refractivity contribution in [3.05, 3.63) is 30.3 Å². The first kappa shape index (κ1) is 17.9. The molecular formula is C17H23N3O4. The van der Waals surface area contributed by atoms with Crippen LogP contribution < -0.4 is 5.32 Å². The van der Waals surface area contributed by atoms with Gasteiger partial charge in [-0.15, -0.1) is 0 Å². The van der Waals surface area contributed by atoms with Gasteiger partial charge in [-0.2, -0.15) is 0 Å². The third-order valence-electron chi connectivity index (χ3n) is 4.13. The van der Waals surface area contributed by atoms with Gasteiger partial charge in [0, 0.05) is 51.8 Å². The fourth-order valence-corrected chi connectivity index (χ4v) is 2.74. The molecule has 0 radical (unpaired) electrons. The zero-order valence-corrected chi connectivity index (χ0v) is 13.8. The molecule has 0 spiro atoms. The summed E-state index contributed by atoms with van der Waals surface area (Å²) >= 11 is 0. The van der Waals surface area contributed by atoms with Crippen molar-refractivity contribution in [3.8, 4) is 0 Å². The minimum Gasteiger partial charge on any atom is -0.481 e. The number of carbonyl (C=O) groups excluding carboxylic acids is 2. The number of hydrogen-bond donors (Lipinski definition) is 2. The van der Waals surface area contributed by atoms with Gasteiger partial charge in [-0.1, -0.05) is 18.2 Å². The Labute approximate surface area is 141 Å².